The molecule has 2 saturated heterocycles. The molecule has 226 valence electrons. The number of ketones is 1. The van der Waals surface area contributed by atoms with Crippen molar-refractivity contribution in [3.63, 3.8) is 0 Å². The number of piperidine rings is 2. The standard InChI is InChI=1S/C32H41FN4O5/c1-21(38)24-8-5-9-26(18-24)34-30(40)35-28-14-16-37(31(41)42-32(2,3)4)20-27(28)29(39)36-15-6-7-23(19-36)17-22-10-12-25(33)13-11-22/h5,8-13,18,23,27-28H,6-7,14-17,19-20H2,1-4H3,(H2,34,35,40)/t23-,27+,28+/m0/s1. The maximum atomic E-state index is 14.0. The van der Waals surface area contributed by atoms with E-state index < -0.39 is 29.7 Å². The maximum Gasteiger partial charge on any atom is 0.410 e. The first-order valence-electron chi connectivity index (χ1n) is 14.6. The van der Waals surface area contributed by atoms with E-state index >= 15 is 0 Å². The van der Waals surface area contributed by atoms with Crippen LogP contribution >= 0.6 is 0 Å². The summed E-state index contributed by atoms with van der Waals surface area (Å²) in [7, 11) is 0. The Morgan fingerprint density at radius 1 is 0.976 bits per heavy atom. The highest BCUT2D eigenvalue weighted by Crippen LogP contribution is 2.27. The molecule has 2 aromatic carbocycles. The molecule has 4 amide bonds. The molecular weight excluding hydrogens is 539 g/mol. The first-order valence-corrected chi connectivity index (χ1v) is 14.6. The minimum Gasteiger partial charge on any atom is -0.444 e. The van der Waals surface area contributed by atoms with Gasteiger partial charge in [0.15, 0.2) is 5.78 Å². The minimum absolute atomic E-state index is 0.113. The summed E-state index contributed by atoms with van der Waals surface area (Å²) in [6.07, 6.45) is 2.42. The number of urea groups is 1. The first-order chi connectivity index (χ1) is 19.9. The van der Waals surface area contributed by atoms with E-state index in [9.17, 15) is 23.6 Å². The van der Waals surface area contributed by atoms with Crippen LogP contribution in [0.5, 0.6) is 0 Å². The van der Waals surface area contributed by atoms with Crippen molar-refractivity contribution in [2.45, 2.75) is 65.0 Å². The molecule has 4 rings (SSSR count). The van der Waals surface area contributed by atoms with Gasteiger partial charge in [0.05, 0.1) is 5.92 Å². The Bertz CT molecular complexity index is 1290. The Labute approximate surface area is 246 Å². The van der Waals surface area contributed by atoms with Gasteiger partial charge >= 0.3 is 12.1 Å². The predicted molar refractivity (Wildman–Crippen MR) is 158 cm³/mol. The highest BCUT2D eigenvalue weighted by atomic mass is 19.1. The van der Waals surface area contributed by atoms with Crippen LogP contribution < -0.4 is 10.6 Å². The molecule has 0 unspecified atom stereocenters. The number of amides is 4. The third-order valence-electron chi connectivity index (χ3n) is 7.69. The van der Waals surface area contributed by atoms with Crippen LogP contribution in [0.2, 0.25) is 0 Å². The van der Waals surface area contributed by atoms with Gasteiger partial charge in [-0.25, -0.2) is 14.0 Å². The van der Waals surface area contributed by atoms with E-state index in [1.807, 2.05) is 4.90 Å². The van der Waals surface area contributed by atoms with Gasteiger partial charge in [-0.1, -0.05) is 24.3 Å². The summed E-state index contributed by atoms with van der Waals surface area (Å²) >= 11 is 0. The number of Topliss-reactive ketones (excluding diaryl/α,β-unsaturated/α-hetero) is 1. The molecule has 9 nitrogen and oxygen atoms in total. The van der Waals surface area contributed by atoms with Crippen LogP contribution in [-0.4, -0.2) is 71.4 Å². The monoisotopic (exact) mass is 580 g/mol. The normalized spacial score (nSPS) is 20.9. The highest BCUT2D eigenvalue weighted by molar-refractivity contribution is 5.97. The van der Waals surface area contributed by atoms with Gasteiger partial charge < -0.3 is 25.2 Å². The number of hydrogen-bond acceptors (Lipinski definition) is 5. The summed E-state index contributed by atoms with van der Waals surface area (Å²) in [5, 5.41) is 5.72. The van der Waals surface area contributed by atoms with E-state index in [0.717, 1.165) is 24.8 Å². The number of anilines is 1. The Balaban J connectivity index is 1.47. The van der Waals surface area contributed by atoms with Crippen molar-refractivity contribution in [3.05, 3.63) is 65.5 Å². The molecule has 2 fully saturated rings. The van der Waals surface area contributed by atoms with Crippen molar-refractivity contribution < 1.29 is 28.3 Å². The van der Waals surface area contributed by atoms with Gasteiger partial charge in [-0.05, 0) is 89.1 Å². The van der Waals surface area contributed by atoms with Crippen LogP contribution in [0.1, 0.15) is 62.9 Å². The minimum atomic E-state index is -0.680. The van der Waals surface area contributed by atoms with E-state index in [4.69, 9.17) is 4.74 Å². The average molecular weight is 581 g/mol. The van der Waals surface area contributed by atoms with Crippen molar-refractivity contribution >= 4 is 29.5 Å². The predicted octanol–water partition coefficient (Wildman–Crippen LogP) is 5.26. The fourth-order valence-corrected chi connectivity index (χ4v) is 5.64. The lowest BCUT2D eigenvalue weighted by Crippen LogP contribution is -2.59. The number of rotatable bonds is 6. The van der Waals surface area contributed by atoms with Gasteiger partial charge in [0.2, 0.25) is 5.91 Å². The molecule has 0 radical (unpaired) electrons. The number of nitrogens with one attached hydrogen (secondary N) is 2. The van der Waals surface area contributed by atoms with Gasteiger partial charge in [-0.3, -0.25) is 9.59 Å². The average Bonchev–Trinajstić information content (AvgIpc) is 2.93. The van der Waals surface area contributed by atoms with Crippen LogP contribution in [0.25, 0.3) is 0 Å². The number of nitrogens with zero attached hydrogens (tertiary/aromatic N) is 2. The van der Waals surface area contributed by atoms with E-state index in [1.54, 1.807) is 62.1 Å². The Morgan fingerprint density at radius 2 is 1.71 bits per heavy atom. The Kier molecular flexibility index (Phi) is 9.85. The molecule has 2 aromatic rings. The number of halogens is 1. The van der Waals surface area contributed by atoms with Crippen molar-refractivity contribution in [2.75, 3.05) is 31.5 Å². The van der Waals surface area contributed by atoms with Crippen molar-refractivity contribution in [2.24, 2.45) is 11.8 Å². The zero-order chi connectivity index (χ0) is 30.4. The first kappa shape index (κ1) is 31.0. The zero-order valence-electron chi connectivity index (χ0n) is 24.8. The lowest BCUT2D eigenvalue weighted by Gasteiger charge is -2.42. The van der Waals surface area contributed by atoms with Crippen LogP contribution in [-0.2, 0) is 16.0 Å². The van der Waals surface area contributed by atoms with Crippen molar-refractivity contribution in [1.82, 2.24) is 15.1 Å². The molecule has 0 saturated carbocycles. The van der Waals surface area contributed by atoms with Crippen molar-refractivity contribution in [3.8, 4) is 0 Å². The molecule has 0 bridgehead atoms. The number of carbonyl (C=O) groups excluding carboxylic acids is 4. The van der Waals surface area contributed by atoms with Crippen LogP contribution in [0.15, 0.2) is 48.5 Å². The summed E-state index contributed by atoms with van der Waals surface area (Å²) in [4.78, 5) is 55.1. The second kappa shape index (κ2) is 13.4. The maximum absolute atomic E-state index is 14.0. The molecule has 0 aromatic heterocycles. The smallest absolute Gasteiger partial charge is 0.410 e. The molecule has 10 heteroatoms. The summed E-state index contributed by atoms with van der Waals surface area (Å²) in [5.41, 5.74) is 1.29. The zero-order valence-corrected chi connectivity index (χ0v) is 24.8. The molecule has 2 aliphatic heterocycles. The van der Waals surface area contributed by atoms with E-state index in [0.29, 0.717) is 37.3 Å². The largest absolute Gasteiger partial charge is 0.444 e. The van der Waals surface area contributed by atoms with Gasteiger partial charge in [0.25, 0.3) is 0 Å². The molecule has 3 atom stereocenters. The Hall–Kier alpha value is -3.95. The molecule has 2 heterocycles. The molecule has 0 spiro atoms. The third-order valence-corrected chi connectivity index (χ3v) is 7.69. The summed E-state index contributed by atoms with van der Waals surface area (Å²) in [6, 6.07) is 12.1. The molecule has 42 heavy (non-hydrogen) atoms. The van der Waals surface area contributed by atoms with Crippen molar-refractivity contribution in [1.29, 1.82) is 0 Å². The number of hydrogen-bond donors (Lipinski definition) is 2. The molecule has 2 aliphatic rings. The fourth-order valence-electron chi connectivity index (χ4n) is 5.64. The SMILES string of the molecule is CC(=O)c1cccc(NC(=O)N[C@@H]2CCN(C(=O)OC(C)(C)C)C[C@H]2C(=O)N2CCC[C@@H](Cc3ccc(F)cc3)C2)c1. The van der Waals surface area contributed by atoms with Gasteiger partial charge in [0.1, 0.15) is 11.4 Å². The quantitative estimate of drug-likeness (QED) is 0.454. The van der Waals surface area contributed by atoms with E-state index in [-0.39, 0.29) is 30.0 Å². The number of benzene rings is 2. The second-order valence-electron chi connectivity index (χ2n) is 12.3. The van der Waals surface area contributed by atoms with E-state index in [1.165, 1.54) is 19.1 Å². The Morgan fingerprint density at radius 3 is 2.40 bits per heavy atom. The van der Waals surface area contributed by atoms with Crippen LogP contribution in [0.4, 0.5) is 19.7 Å². The lowest BCUT2D eigenvalue weighted by molar-refractivity contribution is -0.140. The highest BCUT2D eigenvalue weighted by Gasteiger charge is 2.41. The second-order valence-corrected chi connectivity index (χ2v) is 12.3. The van der Waals surface area contributed by atoms with Gasteiger partial charge in [-0.2, -0.15) is 0 Å². The van der Waals surface area contributed by atoms with Gasteiger partial charge in [0, 0.05) is 43.5 Å². The van der Waals surface area contributed by atoms with E-state index in [2.05, 4.69) is 10.6 Å². The fraction of sp³-hybridized carbons (Fsp3) is 0.500. The van der Waals surface area contributed by atoms with Crippen LogP contribution in [0.3, 0.4) is 0 Å². The number of carbonyl (C=O) groups is 4. The third kappa shape index (κ3) is 8.53. The van der Waals surface area contributed by atoms with Crippen LogP contribution in [0, 0.1) is 17.7 Å². The molecule has 0 aliphatic carbocycles. The summed E-state index contributed by atoms with van der Waals surface area (Å²) in [5.74, 6) is -0.943. The summed E-state index contributed by atoms with van der Waals surface area (Å²) < 4.78 is 19.0. The lowest BCUT2D eigenvalue weighted by atomic mass is 9.87. The molecule has 2 N–H and O–H groups in total. The molecular formula is C32H41FN4O5. The van der Waals surface area contributed by atoms with Gasteiger partial charge in [-0.15, -0.1) is 0 Å². The summed E-state index contributed by atoms with van der Waals surface area (Å²) in [6.45, 7) is 8.44. The number of likely N-dealkylation sites (tertiary alicyclic amines) is 2. The topological polar surface area (TPSA) is 108 Å². The number of ether oxygens (including phenoxy) is 1.